The highest BCUT2D eigenvalue weighted by Gasteiger charge is 2.16. The second kappa shape index (κ2) is 6.00. The van der Waals surface area contributed by atoms with Gasteiger partial charge in [0, 0.05) is 15.5 Å². The Labute approximate surface area is 138 Å². The van der Waals surface area contributed by atoms with Gasteiger partial charge in [-0.1, -0.05) is 12.8 Å². The van der Waals surface area contributed by atoms with Crippen LogP contribution in [0.1, 0.15) is 25.7 Å². The molecule has 2 nitrogen and oxygen atoms in total. The molecule has 0 bridgehead atoms. The predicted octanol–water partition coefficient (Wildman–Crippen LogP) is 5.77. The Balaban J connectivity index is 1.68. The Bertz CT molecular complexity index is 849. The van der Waals surface area contributed by atoms with Gasteiger partial charge in [0.2, 0.25) is 0 Å². The fourth-order valence-corrected chi connectivity index (χ4v) is 4.57. The molecule has 0 radical (unpaired) electrons. The normalized spacial score (nSPS) is 15.6. The lowest BCUT2D eigenvalue weighted by Gasteiger charge is -2.11. The minimum atomic E-state index is -0.278. The zero-order valence-electron chi connectivity index (χ0n) is 13.1. The predicted molar refractivity (Wildman–Crippen MR) is 93.3 cm³/mol. The van der Waals surface area contributed by atoms with Crippen LogP contribution in [0.2, 0.25) is 0 Å². The minimum absolute atomic E-state index is 0.278. The number of hydrogen-bond donors (Lipinski definition) is 0. The highest BCUT2D eigenvalue weighted by atomic mass is 32.1. The summed E-state index contributed by atoms with van der Waals surface area (Å²) in [6, 6.07) is 9.67. The van der Waals surface area contributed by atoms with Gasteiger partial charge in [-0.2, -0.15) is 0 Å². The van der Waals surface area contributed by atoms with Crippen molar-refractivity contribution in [3.05, 3.63) is 36.1 Å². The first kappa shape index (κ1) is 14.8. The Morgan fingerprint density at radius 3 is 2.70 bits per heavy atom. The van der Waals surface area contributed by atoms with Crippen LogP contribution in [0.25, 0.3) is 20.2 Å². The molecule has 3 aromatic rings. The van der Waals surface area contributed by atoms with Crippen LogP contribution < -0.4 is 9.47 Å². The highest BCUT2D eigenvalue weighted by Crippen LogP contribution is 2.39. The molecule has 0 aliphatic heterocycles. The van der Waals surface area contributed by atoms with E-state index in [1.165, 1.54) is 44.1 Å². The van der Waals surface area contributed by atoms with Crippen LogP contribution >= 0.6 is 11.3 Å². The van der Waals surface area contributed by atoms with Crippen LogP contribution in [0, 0.1) is 11.7 Å². The summed E-state index contributed by atoms with van der Waals surface area (Å²) in [4.78, 5) is 0. The van der Waals surface area contributed by atoms with Gasteiger partial charge in [-0.05, 0) is 49.1 Å². The van der Waals surface area contributed by atoms with E-state index in [0.29, 0.717) is 16.4 Å². The first-order valence-electron chi connectivity index (χ1n) is 8.08. The summed E-state index contributed by atoms with van der Waals surface area (Å²) in [5.41, 5.74) is 0. The second-order valence-electron chi connectivity index (χ2n) is 6.18. The standard InChI is InChI=1S/C19H19FO2S/c1-21-16-9-8-15-14-7-6-13(22-11-12-4-2-3-5-12)10-17(14)23-19(15)18(16)20/h6-10,12H,2-5,11H2,1H3. The van der Waals surface area contributed by atoms with Gasteiger partial charge in [-0.15, -0.1) is 11.3 Å². The number of thiophene rings is 1. The molecule has 0 spiro atoms. The van der Waals surface area contributed by atoms with Crippen LogP contribution in [0.15, 0.2) is 30.3 Å². The number of ether oxygens (including phenoxy) is 2. The fraction of sp³-hybridized carbons (Fsp3) is 0.368. The fourth-order valence-electron chi connectivity index (χ4n) is 3.41. The molecule has 0 atom stereocenters. The van der Waals surface area contributed by atoms with E-state index in [9.17, 15) is 4.39 Å². The summed E-state index contributed by atoms with van der Waals surface area (Å²) in [7, 11) is 1.49. The maximum Gasteiger partial charge on any atom is 0.182 e. The molecule has 0 saturated heterocycles. The van der Waals surface area contributed by atoms with Gasteiger partial charge in [0.05, 0.1) is 18.4 Å². The number of rotatable bonds is 4. The molecule has 4 rings (SSSR count). The molecule has 0 amide bonds. The molecule has 1 fully saturated rings. The third-order valence-electron chi connectivity index (χ3n) is 4.70. The van der Waals surface area contributed by atoms with Gasteiger partial charge in [-0.3, -0.25) is 0 Å². The molecule has 1 heterocycles. The van der Waals surface area contributed by atoms with Gasteiger partial charge in [-0.25, -0.2) is 4.39 Å². The molecule has 1 aliphatic carbocycles. The van der Waals surface area contributed by atoms with E-state index in [1.54, 1.807) is 6.07 Å². The van der Waals surface area contributed by atoms with E-state index >= 15 is 0 Å². The summed E-state index contributed by atoms with van der Waals surface area (Å²) < 4.78 is 27.1. The highest BCUT2D eigenvalue weighted by molar-refractivity contribution is 7.25. The third kappa shape index (κ3) is 2.65. The maximum absolute atomic E-state index is 14.4. The number of benzene rings is 2. The lowest BCUT2D eigenvalue weighted by molar-refractivity contribution is 0.252. The SMILES string of the molecule is COc1ccc2c(sc3cc(OCC4CCCC4)ccc32)c1F. The van der Waals surface area contributed by atoms with Gasteiger partial charge in [0.25, 0.3) is 0 Å². The molecule has 1 aliphatic rings. The van der Waals surface area contributed by atoms with Crippen molar-refractivity contribution >= 4 is 31.5 Å². The number of methoxy groups -OCH3 is 1. The summed E-state index contributed by atoms with van der Waals surface area (Å²) in [6.45, 7) is 0.790. The molecule has 4 heteroatoms. The molecule has 0 N–H and O–H groups in total. The summed E-state index contributed by atoms with van der Waals surface area (Å²) in [6.07, 6.45) is 5.20. The van der Waals surface area contributed by atoms with Crippen LogP contribution in [0.4, 0.5) is 4.39 Å². The number of halogens is 1. The Hall–Kier alpha value is -1.81. The molecular formula is C19H19FO2S. The smallest absolute Gasteiger partial charge is 0.182 e. The van der Waals surface area contributed by atoms with Crippen molar-refractivity contribution < 1.29 is 13.9 Å². The van der Waals surface area contributed by atoms with Gasteiger partial charge in [0.15, 0.2) is 11.6 Å². The average molecular weight is 330 g/mol. The summed E-state index contributed by atoms with van der Waals surface area (Å²) in [5, 5.41) is 2.01. The van der Waals surface area contributed by atoms with Crippen molar-refractivity contribution in [2.75, 3.05) is 13.7 Å². The van der Waals surface area contributed by atoms with E-state index in [2.05, 4.69) is 0 Å². The van der Waals surface area contributed by atoms with E-state index in [1.807, 2.05) is 24.3 Å². The zero-order valence-corrected chi connectivity index (χ0v) is 13.9. The van der Waals surface area contributed by atoms with Crippen LogP contribution in [-0.4, -0.2) is 13.7 Å². The van der Waals surface area contributed by atoms with E-state index < -0.39 is 0 Å². The van der Waals surface area contributed by atoms with Crippen molar-refractivity contribution in [2.24, 2.45) is 5.92 Å². The monoisotopic (exact) mass is 330 g/mol. The molecule has 1 aromatic heterocycles. The first-order valence-corrected chi connectivity index (χ1v) is 8.89. The second-order valence-corrected chi connectivity index (χ2v) is 7.23. The molecule has 0 unspecified atom stereocenters. The zero-order chi connectivity index (χ0) is 15.8. The third-order valence-corrected chi connectivity index (χ3v) is 5.86. The summed E-state index contributed by atoms with van der Waals surface area (Å²) >= 11 is 1.46. The van der Waals surface area contributed by atoms with Crippen molar-refractivity contribution in [1.82, 2.24) is 0 Å². The quantitative estimate of drug-likeness (QED) is 0.604. The van der Waals surface area contributed by atoms with E-state index in [-0.39, 0.29) is 5.82 Å². The maximum atomic E-state index is 14.4. The van der Waals surface area contributed by atoms with Crippen LogP contribution in [0.3, 0.4) is 0 Å². The lowest BCUT2D eigenvalue weighted by atomic mass is 10.1. The van der Waals surface area contributed by atoms with Crippen molar-refractivity contribution in [2.45, 2.75) is 25.7 Å². The average Bonchev–Trinajstić information content (AvgIpc) is 3.20. The Kier molecular flexibility index (Phi) is 3.85. The van der Waals surface area contributed by atoms with Crippen molar-refractivity contribution in [3.8, 4) is 11.5 Å². The van der Waals surface area contributed by atoms with Gasteiger partial charge >= 0.3 is 0 Å². The lowest BCUT2D eigenvalue weighted by Crippen LogP contribution is -2.07. The Morgan fingerprint density at radius 2 is 1.91 bits per heavy atom. The van der Waals surface area contributed by atoms with E-state index in [0.717, 1.165) is 27.8 Å². The van der Waals surface area contributed by atoms with Crippen LogP contribution in [0.5, 0.6) is 11.5 Å². The molecule has 23 heavy (non-hydrogen) atoms. The minimum Gasteiger partial charge on any atom is -0.494 e. The topological polar surface area (TPSA) is 18.5 Å². The number of fused-ring (bicyclic) bond motifs is 3. The van der Waals surface area contributed by atoms with Crippen LogP contribution in [-0.2, 0) is 0 Å². The van der Waals surface area contributed by atoms with E-state index in [4.69, 9.17) is 9.47 Å². The molecule has 120 valence electrons. The number of hydrogen-bond acceptors (Lipinski definition) is 3. The largest absolute Gasteiger partial charge is 0.494 e. The molecular weight excluding hydrogens is 311 g/mol. The Morgan fingerprint density at radius 1 is 1.13 bits per heavy atom. The first-order chi connectivity index (χ1) is 11.3. The summed E-state index contributed by atoms with van der Waals surface area (Å²) in [5.74, 6) is 1.58. The van der Waals surface area contributed by atoms with Gasteiger partial charge in [0.1, 0.15) is 5.75 Å². The molecule has 2 aromatic carbocycles. The molecule has 1 saturated carbocycles. The van der Waals surface area contributed by atoms with Crippen molar-refractivity contribution in [3.63, 3.8) is 0 Å². The van der Waals surface area contributed by atoms with Crippen molar-refractivity contribution in [1.29, 1.82) is 0 Å². The van der Waals surface area contributed by atoms with Gasteiger partial charge < -0.3 is 9.47 Å².